The van der Waals surface area contributed by atoms with Crippen LogP contribution in [0.1, 0.15) is 11.7 Å². The Morgan fingerprint density at radius 3 is 2.42 bits per heavy atom. The maximum atomic E-state index is 12.1. The smallest absolute Gasteiger partial charge is 0.310 e. The maximum absolute atomic E-state index is 12.1. The summed E-state index contributed by atoms with van der Waals surface area (Å²) < 4.78 is 0. The number of amides is 3. The van der Waals surface area contributed by atoms with Crippen molar-refractivity contribution in [2.45, 2.75) is 18.4 Å². The first-order valence-corrected chi connectivity index (χ1v) is 6.21. The van der Waals surface area contributed by atoms with Crippen LogP contribution in [0.2, 0.25) is 0 Å². The molecule has 2 saturated heterocycles. The monoisotopic (exact) mass is 260 g/mol. The Labute approximate surface area is 111 Å². The fraction of sp³-hybridized carbons (Fsp3) is 0.385. The van der Waals surface area contributed by atoms with Crippen LogP contribution >= 0.6 is 0 Å². The van der Waals surface area contributed by atoms with Crippen molar-refractivity contribution in [2.75, 3.05) is 14.1 Å². The summed E-state index contributed by atoms with van der Waals surface area (Å²) in [5, 5.41) is 6.53. The molecular weight excluding hydrogens is 244 g/mol. The predicted molar refractivity (Wildman–Crippen MR) is 69.0 cm³/mol. The zero-order valence-corrected chi connectivity index (χ0v) is 10.8. The largest absolute Gasteiger partial charge is 0.327 e. The van der Waals surface area contributed by atoms with E-state index in [0.717, 1.165) is 10.5 Å². The van der Waals surface area contributed by atoms with Crippen LogP contribution in [0.5, 0.6) is 0 Å². The molecule has 1 aromatic rings. The zero-order valence-electron chi connectivity index (χ0n) is 10.8. The summed E-state index contributed by atoms with van der Waals surface area (Å²) in [6, 6.07) is 9.12. The fourth-order valence-electron chi connectivity index (χ4n) is 2.62. The second kappa shape index (κ2) is 4.32. The molecule has 0 saturated carbocycles. The Kier molecular flexibility index (Phi) is 2.76. The third-order valence-corrected chi connectivity index (χ3v) is 3.73. The molecule has 0 bridgehead atoms. The van der Waals surface area contributed by atoms with Crippen molar-refractivity contribution in [1.29, 1.82) is 0 Å². The summed E-state index contributed by atoms with van der Waals surface area (Å²) >= 11 is 0. The molecule has 0 radical (unpaired) electrons. The molecule has 3 atom stereocenters. The molecule has 6 heteroatoms. The number of carbonyl (C=O) groups excluding carboxylic acids is 2. The minimum absolute atomic E-state index is 0.123. The van der Waals surface area contributed by atoms with Crippen LogP contribution < -0.4 is 10.6 Å². The molecule has 3 unspecified atom stereocenters. The number of imide groups is 1. The lowest BCUT2D eigenvalue weighted by molar-refractivity contribution is -0.133. The molecule has 2 aliphatic rings. The number of likely N-dealkylation sites (N-methyl/N-ethyl adjacent to an activating group) is 2. The van der Waals surface area contributed by atoms with Crippen LogP contribution in [0.4, 0.5) is 4.79 Å². The normalized spacial score (nSPS) is 30.7. The number of fused-ring (bicyclic) bond motifs is 1. The molecule has 0 spiro atoms. The lowest BCUT2D eigenvalue weighted by atomic mass is 10.1. The predicted octanol–water partition coefficient (Wildman–Crippen LogP) is 0.0965. The van der Waals surface area contributed by atoms with Crippen molar-refractivity contribution < 1.29 is 9.59 Å². The minimum atomic E-state index is -0.405. The van der Waals surface area contributed by atoms with E-state index in [1.807, 2.05) is 30.3 Å². The average molecular weight is 260 g/mol. The van der Waals surface area contributed by atoms with E-state index >= 15 is 0 Å². The van der Waals surface area contributed by atoms with E-state index in [9.17, 15) is 9.59 Å². The Hall–Kier alpha value is -1.92. The second-order valence-electron chi connectivity index (χ2n) is 4.89. The Balaban J connectivity index is 1.87. The highest BCUT2D eigenvalue weighted by atomic mass is 16.2. The van der Waals surface area contributed by atoms with Gasteiger partial charge in [0.1, 0.15) is 12.2 Å². The molecule has 2 N–H and O–H groups in total. The van der Waals surface area contributed by atoms with Gasteiger partial charge in [0.25, 0.3) is 5.91 Å². The summed E-state index contributed by atoms with van der Waals surface area (Å²) in [5.74, 6) is -0.195. The molecule has 3 rings (SSSR count). The van der Waals surface area contributed by atoms with Crippen LogP contribution in [0, 0.1) is 0 Å². The van der Waals surface area contributed by atoms with E-state index in [-0.39, 0.29) is 24.3 Å². The van der Waals surface area contributed by atoms with Crippen molar-refractivity contribution >= 4 is 11.9 Å². The van der Waals surface area contributed by atoms with Gasteiger partial charge in [0, 0.05) is 14.1 Å². The van der Waals surface area contributed by atoms with Crippen LogP contribution in [0.15, 0.2) is 30.3 Å². The van der Waals surface area contributed by atoms with Gasteiger partial charge in [-0.2, -0.15) is 0 Å². The third kappa shape index (κ3) is 1.80. The fourth-order valence-corrected chi connectivity index (χ4v) is 2.62. The quantitative estimate of drug-likeness (QED) is 0.751. The lowest BCUT2D eigenvalue weighted by Gasteiger charge is -2.37. The molecule has 2 fully saturated rings. The Morgan fingerprint density at radius 2 is 1.74 bits per heavy atom. The van der Waals surface area contributed by atoms with E-state index in [0.29, 0.717) is 0 Å². The van der Waals surface area contributed by atoms with Crippen molar-refractivity contribution in [3.05, 3.63) is 35.9 Å². The first-order chi connectivity index (χ1) is 9.09. The van der Waals surface area contributed by atoms with Gasteiger partial charge in [0.15, 0.2) is 0 Å². The van der Waals surface area contributed by atoms with E-state index in [1.54, 1.807) is 11.9 Å². The molecule has 6 nitrogen and oxygen atoms in total. The standard InChI is InChI=1S/C13H16N4O2/c1-16-11-9(12(18)17(2)13(16)19)14-10(15-11)8-6-4-3-5-7-8/h3-7,9-11,14-15H,1-2H3. The molecular formula is C13H16N4O2. The van der Waals surface area contributed by atoms with Crippen molar-refractivity contribution in [2.24, 2.45) is 0 Å². The summed E-state index contributed by atoms with van der Waals surface area (Å²) in [4.78, 5) is 26.7. The van der Waals surface area contributed by atoms with E-state index in [2.05, 4.69) is 10.6 Å². The number of hydrogen-bond donors (Lipinski definition) is 2. The molecule has 100 valence electrons. The highest BCUT2D eigenvalue weighted by molar-refractivity contribution is 6.00. The van der Waals surface area contributed by atoms with Gasteiger partial charge in [0.05, 0.1) is 6.17 Å². The highest BCUT2D eigenvalue weighted by Crippen LogP contribution is 2.24. The summed E-state index contributed by atoms with van der Waals surface area (Å²) in [5.41, 5.74) is 1.05. The van der Waals surface area contributed by atoms with Gasteiger partial charge in [0.2, 0.25) is 0 Å². The van der Waals surface area contributed by atoms with E-state index < -0.39 is 6.04 Å². The number of urea groups is 1. The molecule has 2 heterocycles. The van der Waals surface area contributed by atoms with Gasteiger partial charge in [-0.25, -0.2) is 4.79 Å². The van der Waals surface area contributed by atoms with Gasteiger partial charge in [-0.1, -0.05) is 30.3 Å². The van der Waals surface area contributed by atoms with Crippen LogP contribution in [-0.4, -0.2) is 48.0 Å². The minimum Gasteiger partial charge on any atom is -0.310 e. The van der Waals surface area contributed by atoms with Crippen molar-refractivity contribution in [3.8, 4) is 0 Å². The summed E-state index contributed by atoms with van der Waals surface area (Å²) in [6.07, 6.45) is -0.427. The average Bonchev–Trinajstić information content (AvgIpc) is 2.89. The topological polar surface area (TPSA) is 64.7 Å². The van der Waals surface area contributed by atoms with Gasteiger partial charge in [-0.15, -0.1) is 0 Å². The van der Waals surface area contributed by atoms with Crippen molar-refractivity contribution in [1.82, 2.24) is 20.4 Å². The van der Waals surface area contributed by atoms with Crippen LogP contribution in [-0.2, 0) is 4.79 Å². The number of nitrogens with one attached hydrogen (secondary N) is 2. The number of benzene rings is 1. The summed E-state index contributed by atoms with van der Waals surface area (Å²) in [6.45, 7) is 0. The van der Waals surface area contributed by atoms with Crippen LogP contribution in [0.3, 0.4) is 0 Å². The summed E-state index contributed by atoms with van der Waals surface area (Å²) in [7, 11) is 3.21. The number of rotatable bonds is 1. The van der Waals surface area contributed by atoms with Crippen LogP contribution in [0.25, 0.3) is 0 Å². The molecule has 0 aromatic heterocycles. The van der Waals surface area contributed by atoms with E-state index in [4.69, 9.17) is 0 Å². The number of nitrogens with zero attached hydrogens (tertiary/aromatic N) is 2. The van der Waals surface area contributed by atoms with Gasteiger partial charge >= 0.3 is 6.03 Å². The first-order valence-electron chi connectivity index (χ1n) is 6.21. The molecule has 0 aliphatic carbocycles. The van der Waals surface area contributed by atoms with E-state index in [1.165, 1.54) is 7.05 Å². The van der Waals surface area contributed by atoms with Crippen molar-refractivity contribution in [3.63, 3.8) is 0 Å². The third-order valence-electron chi connectivity index (χ3n) is 3.73. The number of carbonyl (C=O) groups is 2. The van der Waals surface area contributed by atoms with Gasteiger partial charge < -0.3 is 4.90 Å². The highest BCUT2D eigenvalue weighted by Gasteiger charge is 2.48. The zero-order chi connectivity index (χ0) is 13.6. The van der Waals surface area contributed by atoms with Gasteiger partial charge in [-0.3, -0.25) is 20.3 Å². The number of hydrogen-bond acceptors (Lipinski definition) is 4. The Bertz CT molecular complexity index is 519. The lowest BCUT2D eigenvalue weighted by Crippen LogP contribution is -2.64. The second-order valence-corrected chi connectivity index (χ2v) is 4.89. The molecule has 3 amide bonds. The Morgan fingerprint density at radius 1 is 1.05 bits per heavy atom. The SMILES string of the molecule is CN1C(=O)C2NC(c3ccccc3)NC2N(C)C1=O. The molecule has 1 aromatic carbocycles. The van der Waals surface area contributed by atoms with Gasteiger partial charge in [-0.05, 0) is 5.56 Å². The maximum Gasteiger partial charge on any atom is 0.327 e. The first kappa shape index (κ1) is 12.1. The molecule has 2 aliphatic heterocycles. The molecule has 19 heavy (non-hydrogen) atoms.